The normalized spacial score (nSPS) is 17.1. The van der Waals surface area contributed by atoms with Crippen LogP contribution < -0.4 is 14.9 Å². The second-order valence-corrected chi connectivity index (χ2v) is 9.61. The van der Waals surface area contributed by atoms with Crippen LogP contribution in [0.15, 0.2) is 35.4 Å². The maximum atomic E-state index is 12.7. The van der Waals surface area contributed by atoms with E-state index in [1.54, 1.807) is 18.3 Å². The summed E-state index contributed by atoms with van der Waals surface area (Å²) in [4.78, 5) is 19.0. The van der Waals surface area contributed by atoms with Crippen LogP contribution in [0.2, 0.25) is 10.0 Å². The molecular weight excluding hydrogens is 451 g/mol. The number of benzene rings is 1. The number of ether oxygens (including phenoxy) is 1. The second-order valence-electron chi connectivity index (χ2n) is 7.12. The predicted octanol–water partition coefficient (Wildman–Crippen LogP) is 2.92. The zero-order valence-electron chi connectivity index (χ0n) is 15.9. The molecule has 1 aromatic carbocycles. The summed E-state index contributed by atoms with van der Waals surface area (Å²) in [5.41, 5.74) is 0.470. The van der Waals surface area contributed by atoms with Crippen LogP contribution in [-0.4, -0.2) is 51.7 Å². The van der Waals surface area contributed by atoms with Crippen molar-refractivity contribution in [1.29, 1.82) is 0 Å². The van der Waals surface area contributed by atoms with E-state index >= 15 is 0 Å². The third-order valence-corrected chi connectivity index (χ3v) is 7.09. The molecule has 2 N–H and O–H groups in total. The summed E-state index contributed by atoms with van der Waals surface area (Å²) in [7, 11) is -3.84. The minimum Gasteiger partial charge on any atom is -0.378 e. The van der Waals surface area contributed by atoms with Crippen LogP contribution in [0.3, 0.4) is 0 Å². The van der Waals surface area contributed by atoms with Crippen molar-refractivity contribution in [3.05, 3.63) is 46.1 Å². The van der Waals surface area contributed by atoms with Crippen LogP contribution in [0.5, 0.6) is 0 Å². The summed E-state index contributed by atoms with van der Waals surface area (Å²) in [5.74, 6) is 0.237. The van der Waals surface area contributed by atoms with Crippen molar-refractivity contribution in [1.82, 2.24) is 9.71 Å². The Morgan fingerprint density at radius 1 is 1.13 bits per heavy atom. The van der Waals surface area contributed by atoms with E-state index in [0.29, 0.717) is 18.9 Å². The van der Waals surface area contributed by atoms with Gasteiger partial charge in [0.05, 0.1) is 40.7 Å². The molecule has 1 amide bonds. The van der Waals surface area contributed by atoms with Crippen LogP contribution in [0.1, 0.15) is 23.2 Å². The average Bonchev–Trinajstić information content (AvgIpc) is 3.52. The number of morpholine rings is 1. The second kappa shape index (κ2) is 8.68. The molecule has 160 valence electrons. The highest BCUT2D eigenvalue weighted by molar-refractivity contribution is 7.89. The van der Waals surface area contributed by atoms with Gasteiger partial charge >= 0.3 is 0 Å². The fourth-order valence-electron chi connectivity index (χ4n) is 3.03. The number of hydrogen-bond acceptors (Lipinski definition) is 6. The molecule has 11 heteroatoms. The minimum absolute atomic E-state index is 0.00879. The van der Waals surface area contributed by atoms with Crippen LogP contribution >= 0.6 is 23.2 Å². The monoisotopic (exact) mass is 470 g/mol. The lowest BCUT2D eigenvalue weighted by Gasteiger charge is -2.27. The van der Waals surface area contributed by atoms with Crippen molar-refractivity contribution in [2.24, 2.45) is 0 Å². The third kappa shape index (κ3) is 4.87. The topological polar surface area (TPSA) is 101 Å². The first-order chi connectivity index (χ1) is 14.3. The van der Waals surface area contributed by atoms with Gasteiger partial charge in [-0.25, -0.2) is 18.1 Å². The molecule has 1 aliphatic heterocycles. The minimum atomic E-state index is -3.84. The number of nitrogens with zero attached hydrogens (tertiary/aromatic N) is 2. The average molecular weight is 471 g/mol. The number of rotatable bonds is 6. The summed E-state index contributed by atoms with van der Waals surface area (Å²) in [6.07, 6.45) is 3.11. The molecule has 0 radical (unpaired) electrons. The van der Waals surface area contributed by atoms with E-state index in [2.05, 4.69) is 19.9 Å². The molecule has 1 saturated heterocycles. The predicted molar refractivity (Wildman–Crippen MR) is 115 cm³/mol. The van der Waals surface area contributed by atoms with Crippen LogP contribution in [0.4, 0.5) is 11.5 Å². The molecule has 0 bridgehead atoms. The third-order valence-electron chi connectivity index (χ3n) is 4.80. The van der Waals surface area contributed by atoms with Gasteiger partial charge in [0.2, 0.25) is 10.0 Å². The molecule has 8 nitrogen and oxygen atoms in total. The van der Waals surface area contributed by atoms with Gasteiger partial charge in [-0.3, -0.25) is 4.79 Å². The number of halogens is 2. The number of pyridine rings is 1. The number of carbonyl (C=O) groups is 1. The van der Waals surface area contributed by atoms with Gasteiger partial charge in [0.15, 0.2) is 0 Å². The van der Waals surface area contributed by atoms with Gasteiger partial charge in [0.1, 0.15) is 10.7 Å². The zero-order chi connectivity index (χ0) is 21.3. The van der Waals surface area contributed by atoms with Crippen molar-refractivity contribution < 1.29 is 17.9 Å². The number of aromatic nitrogens is 1. The molecule has 1 saturated carbocycles. The van der Waals surface area contributed by atoms with E-state index in [9.17, 15) is 13.2 Å². The maximum absolute atomic E-state index is 12.7. The lowest BCUT2D eigenvalue weighted by Crippen LogP contribution is -2.36. The van der Waals surface area contributed by atoms with Gasteiger partial charge in [-0.2, -0.15) is 0 Å². The van der Waals surface area contributed by atoms with E-state index < -0.39 is 15.9 Å². The molecule has 2 aliphatic rings. The SMILES string of the molecule is O=C(Nc1ccc(N2CCOCC2)nc1)c1cc(S(=O)(=O)NC2CC2)c(Cl)cc1Cl. The van der Waals surface area contributed by atoms with Crippen molar-refractivity contribution in [2.45, 2.75) is 23.8 Å². The fourth-order valence-corrected chi connectivity index (χ4v) is 5.19. The molecule has 0 unspecified atom stereocenters. The van der Waals surface area contributed by atoms with Crippen LogP contribution in [-0.2, 0) is 14.8 Å². The van der Waals surface area contributed by atoms with Gasteiger partial charge in [-0.05, 0) is 37.1 Å². The molecule has 2 heterocycles. The van der Waals surface area contributed by atoms with E-state index in [1.165, 1.54) is 12.1 Å². The number of carbonyl (C=O) groups excluding carboxylic acids is 1. The Morgan fingerprint density at radius 3 is 2.50 bits per heavy atom. The highest BCUT2D eigenvalue weighted by Gasteiger charge is 2.30. The van der Waals surface area contributed by atoms with Crippen molar-refractivity contribution in [3.8, 4) is 0 Å². The Bertz CT molecular complexity index is 1050. The molecule has 1 aliphatic carbocycles. The number of anilines is 2. The summed E-state index contributed by atoms with van der Waals surface area (Å²) < 4.78 is 33.0. The first-order valence-corrected chi connectivity index (χ1v) is 11.7. The zero-order valence-corrected chi connectivity index (χ0v) is 18.2. The van der Waals surface area contributed by atoms with Gasteiger partial charge in [0, 0.05) is 19.1 Å². The highest BCUT2D eigenvalue weighted by Crippen LogP contribution is 2.31. The smallest absolute Gasteiger partial charge is 0.257 e. The Morgan fingerprint density at radius 2 is 1.87 bits per heavy atom. The van der Waals surface area contributed by atoms with E-state index in [4.69, 9.17) is 27.9 Å². The van der Waals surface area contributed by atoms with E-state index in [0.717, 1.165) is 31.7 Å². The Balaban J connectivity index is 1.52. The van der Waals surface area contributed by atoms with E-state index in [1.807, 2.05) is 0 Å². The maximum Gasteiger partial charge on any atom is 0.257 e. The summed E-state index contributed by atoms with van der Waals surface area (Å²) in [6, 6.07) is 5.90. The first kappa shape index (κ1) is 21.3. The van der Waals surface area contributed by atoms with Gasteiger partial charge in [0.25, 0.3) is 5.91 Å². The van der Waals surface area contributed by atoms with Crippen molar-refractivity contribution >= 4 is 50.6 Å². The standard InChI is InChI=1S/C19H20Cl2N4O4S/c20-15-10-16(21)17(30(27,28)24-12-1-2-12)9-14(15)19(26)23-13-3-4-18(22-11-13)25-5-7-29-8-6-25/h3-4,9-12,24H,1-2,5-8H2,(H,23,26). The molecule has 2 aromatic rings. The molecule has 4 rings (SSSR count). The Hall–Kier alpha value is -1.91. The molecule has 1 aromatic heterocycles. The van der Waals surface area contributed by atoms with Crippen LogP contribution in [0, 0.1) is 0 Å². The largest absolute Gasteiger partial charge is 0.378 e. The quantitative estimate of drug-likeness (QED) is 0.672. The molecule has 0 atom stereocenters. The molecule has 0 spiro atoms. The lowest BCUT2D eigenvalue weighted by atomic mass is 10.2. The van der Waals surface area contributed by atoms with Gasteiger partial charge in [-0.1, -0.05) is 23.2 Å². The molecular formula is C19H20Cl2N4O4S. The Labute approximate surface area is 184 Å². The first-order valence-electron chi connectivity index (χ1n) is 9.45. The summed E-state index contributed by atoms with van der Waals surface area (Å²) in [6.45, 7) is 2.81. The highest BCUT2D eigenvalue weighted by atomic mass is 35.5. The van der Waals surface area contributed by atoms with Crippen molar-refractivity contribution in [3.63, 3.8) is 0 Å². The number of hydrogen-bond donors (Lipinski definition) is 2. The lowest BCUT2D eigenvalue weighted by molar-refractivity contribution is 0.102. The summed E-state index contributed by atoms with van der Waals surface area (Å²) >= 11 is 12.2. The van der Waals surface area contributed by atoms with Crippen molar-refractivity contribution in [2.75, 3.05) is 36.5 Å². The number of sulfonamides is 1. The Kier molecular flexibility index (Phi) is 6.17. The van der Waals surface area contributed by atoms with Gasteiger partial charge in [-0.15, -0.1) is 0 Å². The number of amides is 1. The fraction of sp³-hybridized carbons (Fsp3) is 0.368. The van der Waals surface area contributed by atoms with Gasteiger partial charge < -0.3 is 15.0 Å². The summed E-state index contributed by atoms with van der Waals surface area (Å²) in [5, 5.41) is 2.71. The van der Waals surface area contributed by atoms with E-state index in [-0.39, 0.29) is 26.5 Å². The molecule has 2 fully saturated rings. The number of nitrogens with one attached hydrogen (secondary N) is 2. The van der Waals surface area contributed by atoms with Crippen LogP contribution in [0.25, 0.3) is 0 Å². The molecule has 30 heavy (non-hydrogen) atoms.